The van der Waals surface area contributed by atoms with Crippen molar-refractivity contribution in [2.45, 2.75) is 59.2 Å². The van der Waals surface area contributed by atoms with Crippen LogP contribution in [0.5, 0.6) is 11.5 Å². The van der Waals surface area contributed by atoms with E-state index in [-0.39, 0.29) is 65.7 Å². The summed E-state index contributed by atoms with van der Waals surface area (Å²) in [6.07, 6.45) is -0.0963. The van der Waals surface area contributed by atoms with Gasteiger partial charge in [0.2, 0.25) is 5.43 Å². The summed E-state index contributed by atoms with van der Waals surface area (Å²) in [4.78, 5) is 40.4. The van der Waals surface area contributed by atoms with E-state index in [2.05, 4.69) is 5.32 Å². The Labute approximate surface area is 297 Å². The number of halogens is 3. The quantitative estimate of drug-likeness (QED) is 0.164. The molecule has 0 saturated carbocycles. The van der Waals surface area contributed by atoms with Gasteiger partial charge in [-0.3, -0.25) is 4.79 Å². The van der Waals surface area contributed by atoms with Crippen molar-refractivity contribution in [1.29, 1.82) is 0 Å². The summed E-state index contributed by atoms with van der Waals surface area (Å²) in [5.41, 5.74) is -0.793. The van der Waals surface area contributed by atoms with E-state index in [4.69, 9.17) is 30.5 Å². The number of aromatic nitrogens is 1. The molecule has 1 amide bonds. The molecule has 1 aromatic heterocycles. The van der Waals surface area contributed by atoms with Crippen molar-refractivity contribution in [3.8, 4) is 17.2 Å². The monoisotopic (exact) mass is 729 g/mol. The highest BCUT2D eigenvalue weighted by atomic mass is 35.5. The molecule has 3 N–H and O–H groups in total. The normalized spacial score (nSPS) is 13.2. The highest BCUT2D eigenvalue weighted by molar-refractivity contribution is 6.36. The van der Waals surface area contributed by atoms with Crippen LogP contribution in [0.2, 0.25) is 5.02 Å². The molecule has 2 heterocycles. The third kappa shape index (κ3) is 7.87. The number of hydrogen-bond donors (Lipinski definition) is 3. The highest BCUT2D eigenvalue weighted by Gasteiger charge is 2.36. The Morgan fingerprint density at radius 3 is 2.39 bits per heavy atom. The molecule has 1 aliphatic rings. The van der Waals surface area contributed by atoms with Crippen molar-refractivity contribution < 1.29 is 47.5 Å². The number of likely N-dealkylation sites (tertiary alicyclic amines) is 1. The zero-order valence-corrected chi connectivity index (χ0v) is 29.4. The number of rotatable bonds is 11. The topological polar surface area (TPSA) is 149 Å². The van der Waals surface area contributed by atoms with Crippen molar-refractivity contribution in [2.75, 3.05) is 32.1 Å². The summed E-state index contributed by atoms with van der Waals surface area (Å²) in [6.45, 7) is 6.04. The first-order valence-electron chi connectivity index (χ1n) is 16.0. The van der Waals surface area contributed by atoms with Gasteiger partial charge in [-0.1, -0.05) is 23.7 Å². The number of ether oxygens (including phenoxy) is 4. The Hall–Kier alpha value is -4.92. The number of carbonyl (C=O) groups excluding carboxylic acids is 2. The molecule has 1 fully saturated rings. The minimum atomic E-state index is -1.00. The molecule has 0 radical (unpaired) electrons. The van der Waals surface area contributed by atoms with E-state index in [0.717, 1.165) is 18.3 Å². The third-order valence-electron chi connectivity index (χ3n) is 8.02. The number of aliphatic hydroxyl groups is 2. The molecule has 0 spiro atoms. The molecule has 1 saturated heterocycles. The number of carbonyl (C=O) groups is 2. The molecular weight excluding hydrogens is 692 g/mol. The average molecular weight is 730 g/mol. The number of benzene rings is 3. The van der Waals surface area contributed by atoms with Crippen LogP contribution >= 0.6 is 11.6 Å². The molecule has 0 bridgehead atoms. The number of nitrogens with zero attached hydrogens (tertiary/aromatic N) is 2. The van der Waals surface area contributed by atoms with Crippen LogP contribution in [-0.2, 0) is 29.2 Å². The highest BCUT2D eigenvalue weighted by Crippen LogP contribution is 2.39. The molecule has 15 heteroatoms. The lowest BCUT2D eigenvalue weighted by molar-refractivity contribution is -0.0228. The van der Waals surface area contributed by atoms with Gasteiger partial charge in [0.05, 0.1) is 62.3 Å². The van der Waals surface area contributed by atoms with E-state index >= 15 is 8.78 Å². The molecular formula is C36H38ClF2N3O9. The van der Waals surface area contributed by atoms with Crippen molar-refractivity contribution in [3.05, 3.63) is 91.7 Å². The van der Waals surface area contributed by atoms with Gasteiger partial charge in [0, 0.05) is 23.9 Å². The Bertz CT molecular complexity index is 2040. The molecule has 3 aromatic carbocycles. The zero-order chi connectivity index (χ0) is 37.2. The van der Waals surface area contributed by atoms with Crippen LogP contribution in [0.4, 0.5) is 19.3 Å². The summed E-state index contributed by atoms with van der Waals surface area (Å²) in [6, 6.07) is 8.36. The molecule has 4 aromatic rings. The van der Waals surface area contributed by atoms with Crippen LogP contribution in [0.3, 0.4) is 0 Å². The van der Waals surface area contributed by atoms with Gasteiger partial charge in [-0.2, -0.15) is 0 Å². The van der Waals surface area contributed by atoms with E-state index < -0.39 is 58.8 Å². The maximum atomic E-state index is 15.7. The number of amides is 1. The van der Waals surface area contributed by atoms with Gasteiger partial charge in [0.25, 0.3) is 0 Å². The summed E-state index contributed by atoms with van der Waals surface area (Å²) in [7, 11) is 1.46. The van der Waals surface area contributed by atoms with E-state index in [1.807, 2.05) is 0 Å². The van der Waals surface area contributed by atoms with Crippen LogP contribution < -0.4 is 20.2 Å². The van der Waals surface area contributed by atoms with Crippen molar-refractivity contribution in [1.82, 2.24) is 9.47 Å². The third-order valence-corrected chi connectivity index (χ3v) is 8.37. The van der Waals surface area contributed by atoms with Gasteiger partial charge >= 0.3 is 12.1 Å². The number of anilines is 1. The lowest BCUT2D eigenvalue weighted by atomic mass is 10.1. The number of nitrogens with one attached hydrogen (secondary N) is 1. The Morgan fingerprint density at radius 2 is 1.76 bits per heavy atom. The second-order valence-electron chi connectivity index (χ2n) is 12.8. The number of fused-ring (bicyclic) bond motifs is 1. The fourth-order valence-corrected chi connectivity index (χ4v) is 5.85. The Morgan fingerprint density at radius 1 is 1.04 bits per heavy atom. The number of methoxy groups -OCH3 is 1. The van der Waals surface area contributed by atoms with Gasteiger partial charge in [-0.25, -0.2) is 18.4 Å². The first-order chi connectivity index (χ1) is 24.2. The lowest BCUT2D eigenvalue weighted by Crippen LogP contribution is -2.57. The first kappa shape index (κ1) is 37.3. The van der Waals surface area contributed by atoms with Gasteiger partial charge < -0.3 is 43.9 Å². The predicted molar refractivity (Wildman–Crippen MR) is 185 cm³/mol. The summed E-state index contributed by atoms with van der Waals surface area (Å²) in [5.74, 6) is -2.69. The van der Waals surface area contributed by atoms with Crippen LogP contribution in [0.25, 0.3) is 16.6 Å². The number of aliphatic hydroxyl groups excluding tert-OH is 2. The summed E-state index contributed by atoms with van der Waals surface area (Å²) >= 11 is 6.81. The van der Waals surface area contributed by atoms with Crippen molar-refractivity contribution in [3.63, 3.8) is 0 Å². The van der Waals surface area contributed by atoms with E-state index in [0.29, 0.717) is 16.9 Å². The van der Waals surface area contributed by atoms with E-state index in [9.17, 15) is 24.6 Å². The second kappa shape index (κ2) is 15.1. The standard InChI is InChI=1S/C36H38ClF2N3O9/c1-6-49-34(46)24-16-42(28-12-27(25(38)10-21(28)18-44)40-13-20-8-7-19(17-43)9-29(20)48-5)31-23(32(24)45)11-26(39)33(30(31)37)50-22-14-41(15-22)35(47)51-36(2,3)4/h7-12,16,22,40,43-44H,6,13-15,17-18H2,1-5H3. The maximum Gasteiger partial charge on any atom is 0.410 e. The Kier molecular flexibility index (Phi) is 11.1. The predicted octanol–water partition coefficient (Wildman–Crippen LogP) is 5.70. The number of pyridine rings is 1. The zero-order valence-electron chi connectivity index (χ0n) is 28.6. The van der Waals surface area contributed by atoms with Crippen LogP contribution in [0, 0.1) is 11.6 Å². The van der Waals surface area contributed by atoms with E-state index in [1.165, 1.54) is 22.6 Å². The smallest absolute Gasteiger partial charge is 0.410 e. The largest absolute Gasteiger partial charge is 0.496 e. The minimum Gasteiger partial charge on any atom is -0.496 e. The van der Waals surface area contributed by atoms with Gasteiger partial charge in [-0.05, 0) is 57.5 Å². The van der Waals surface area contributed by atoms with Crippen molar-refractivity contribution in [2.24, 2.45) is 0 Å². The molecule has 0 unspecified atom stereocenters. The minimum absolute atomic E-state index is 0.0357. The molecule has 0 atom stereocenters. The summed E-state index contributed by atoms with van der Waals surface area (Å²) < 4.78 is 54.2. The first-order valence-corrected chi connectivity index (χ1v) is 16.4. The van der Waals surface area contributed by atoms with Crippen LogP contribution in [-0.4, -0.2) is 70.3 Å². The lowest BCUT2D eigenvalue weighted by Gasteiger charge is -2.39. The number of esters is 1. The Balaban J connectivity index is 1.60. The summed E-state index contributed by atoms with van der Waals surface area (Å²) in [5, 5.41) is 22.2. The van der Waals surface area contributed by atoms with Crippen LogP contribution in [0.1, 0.15) is 54.7 Å². The fraction of sp³-hybridized carbons (Fsp3) is 0.361. The second-order valence-corrected chi connectivity index (χ2v) is 13.1. The van der Waals surface area contributed by atoms with Gasteiger partial charge in [0.1, 0.15) is 33.9 Å². The molecule has 51 heavy (non-hydrogen) atoms. The fourth-order valence-electron chi connectivity index (χ4n) is 5.52. The van der Waals surface area contributed by atoms with Gasteiger partial charge in [-0.15, -0.1) is 0 Å². The molecule has 12 nitrogen and oxygen atoms in total. The molecule has 1 aliphatic heterocycles. The maximum absolute atomic E-state index is 15.7. The molecule has 5 rings (SSSR count). The van der Waals surface area contributed by atoms with E-state index in [1.54, 1.807) is 45.9 Å². The van der Waals surface area contributed by atoms with Crippen molar-refractivity contribution >= 4 is 40.3 Å². The SMILES string of the molecule is CCOC(=O)c1cn(-c2cc(NCc3ccc(CO)cc3OC)c(F)cc2CO)c2c(Cl)c(OC3CN(C(=O)OC(C)(C)C)C3)c(F)cc2c1=O. The number of hydrogen-bond acceptors (Lipinski definition) is 10. The van der Waals surface area contributed by atoms with Gasteiger partial charge in [0.15, 0.2) is 11.6 Å². The average Bonchev–Trinajstić information content (AvgIpc) is 3.06. The molecule has 0 aliphatic carbocycles. The molecule has 272 valence electrons. The van der Waals surface area contributed by atoms with Crippen LogP contribution in [0.15, 0.2) is 47.4 Å².